The molecule has 0 radical (unpaired) electrons. The molecule has 2 heterocycles. The number of hydrogen-bond acceptors (Lipinski definition) is 4. The zero-order valence-electron chi connectivity index (χ0n) is 14.6. The Labute approximate surface area is 145 Å². The first-order valence-electron chi connectivity index (χ1n) is 8.33. The molecule has 0 saturated carbocycles. The molecule has 0 bridgehead atoms. The molecule has 0 aliphatic carbocycles. The van der Waals surface area contributed by atoms with Crippen LogP contribution in [0, 0.1) is 5.92 Å². The summed E-state index contributed by atoms with van der Waals surface area (Å²) in [4.78, 5) is 45.1. The van der Waals surface area contributed by atoms with Gasteiger partial charge >= 0.3 is 0 Å². The highest BCUT2D eigenvalue weighted by atomic mass is 16.2. The summed E-state index contributed by atoms with van der Waals surface area (Å²) in [6.07, 6.45) is 0.642. The van der Waals surface area contributed by atoms with Crippen LogP contribution in [0.3, 0.4) is 0 Å². The molecule has 1 aliphatic heterocycles. The number of nitrogens with one attached hydrogen (secondary N) is 2. The molecule has 1 aromatic heterocycles. The van der Waals surface area contributed by atoms with Crippen molar-refractivity contribution in [3.63, 3.8) is 0 Å². The molecule has 2 aromatic rings. The number of H-pyrrole nitrogens is 1. The fourth-order valence-corrected chi connectivity index (χ4v) is 3.21. The van der Waals surface area contributed by atoms with Gasteiger partial charge in [-0.25, -0.2) is 4.98 Å². The van der Waals surface area contributed by atoms with Crippen molar-refractivity contribution in [1.29, 1.82) is 0 Å². The summed E-state index contributed by atoms with van der Waals surface area (Å²) in [6, 6.07) is 7.13. The van der Waals surface area contributed by atoms with Crippen LogP contribution in [0.15, 0.2) is 29.1 Å². The summed E-state index contributed by atoms with van der Waals surface area (Å²) in [5, 5.41) is 3.40. The van der Waals surface area contributed by atoms with Gasteiger partial charge in [-0.1, -0.05) is 12.1 Å². The molecule has 1 saturated heterocycles. The lowest BCUT2D eigenvalue weighted by atomic mass is 9.88. The van der Waals surface area contributed by atoms with Gasteiger partial charge in [0.2, 0.25) is 11.8 Å². The number of benzene rings is 1. The van der Waals surface area contributed by atoms with Crippen LogP contribution in [0.25, 0.3) is 10.9 Å². The standard InChI is InChI=1S/C18H22N4O3/c1-18(2)12(10-15(23)22(18)3)17(25)19-9-8-14-20-13-7-5-4-6-11(13)16(24)21-14/h4-7,12H,8-10H2,1-3H3,(H,19,25)(H,20,21,24)/t12-/m0/s1. The molecule has 0 unspecified atom stereocenters. The van der Waals surface area contributed by atoms with E-state index in [1.54, 1.807) is 30.1 Å². The van der Waals surface area contributed by atoms with E-state index in [0.29, 0.717) is 29.7 Å². The molecular weight excluding hydrogens is 320 g/mol. The van der Waals surface area contributed by atoms with Crippen molar-refractivity contribution in [2.24, 2.45) is 5.92 Å². The number of fused-ring (bicyclic) bond motifs is 1. The summed E-state index contributed by atoms with van der Waals surface area (Å²) in [5.41, 5.74) is -0.0516. The predicted molar refractivity (Wildman–Crippen MR) is 94.0 cm³/mol. The van der Waals surface area contributed by atoms with Crippen LogP contribution in [-0.2, 0) is 16.0 Å². The van der Waals surface area contributed by atoms with Crippen molar-refractivity contribution in [1.82, 2.24) is 20.2 Å². The maximum Gasteiger partial charge on any atom is 0.258 e. The Bertz CT molecular complexity index is 887. The van der Waals surface area contributed by atoms with Crippen LogP contribution < -0.4 is 10.9 Å². The van der Waals surface area contributed by atoms with E-state index < -0.39 is 5.54 Å². The topological polar surface area (TPSA) is 95.2 Å². The number of carbonyl (C=O) groups excluding carboxylic acids is 2. The smallest absolute Gasteiger partial charge is 0.258 e. The molecule has 2 amide bonds. The molecule has 1 fully saturated rings. The summed E-state index contributed by atoms with van der Waals surface area (Å²) in [5.74, 6) is -0.0204. The van der Waals surface area contributed by atoms with E-state index in [9.17, 15) is 14.4 Å². The zero-order chi connectivity index (χ0) is 18.2. The minimum Gasteiger partial charge on any atom is -0.355 e. The van der Waals surface area contributed by atoms with Crippen molar-refractivity contribution >= 4 is 22.7 Å². The molecule has 7 heteroatoms. The number of aromatic nitrogens is 2. The van der Waals surface area contributed by atoms with Crippen LogP contribution >= 0.6 is 0 Å². The van der Waals surface area contributed by atoms with Crippen molar-refractivity contribution in [3.05, 3.63) is 40.4 Å². The van der Waals surface area contributed by atoms with Crippen LogP contribution in [-0.4, -0.2) is 45.8 Å². The first-order valence-corrected chi connectivity index (χ1v) is 8.33. The monoisotopic (exact) mass is 342 g/mol. The first-order chi connectivity index (χ1) is 11.8. The van der Waals surface area contributed by atoms with Crippen molar-refractivity contribution in [2.45, 2.75) is 32.2 Å². The Morgan fingerprint density at radius 3 is 2.76 bits per heavy atom. The molecule has 2 N–H and O–H groups in total. The van der Waals surface area contributed by atoms with Crippen LogP contribution in [0.2, 0.25) is 0 Å². The molecule has 1 aromatic carbocycles. The average Bonchev–Trinajstić information content (AvgIpc) is 2.78. The maximum atomic E-state index is 12.4. The minimum absolute atomic E-state index is 0.0225. The predicted octanol–water partition coefficient (Wildman–Crippen LogP) is 0.839. The van der Waals surface area contributed by atoms with Gasteiger partial charge in [0, 0.05) is 32.0 Å². The zero-order valence-corrected chi connectivity index (χ0v) is 14.6. The number of para-hydroxylation sites is 1. The van der Waals surface area contributed by atoms with Gasteiger partial charge in [0.25, 0.3) is 5.56 Å². The highest BCUT2D eigenvalue weighted by Gasteiger charge is 2.47. The van der Waals surface area contributed by atoms with E-state index >= 15 is 0 Å². The van der Waals surface area contributed by atoms with Gasteiger partial charge in [-0.05, 0) is 26.0 Å². The third-order valence-electron chi connectivity index (χ3n) is 5.11. The van der Waals surface area contributed by atoms with E-state index in [-0.39, 0.29) is 29.7 Å². The summed E-state index contributed by atoms with van der Waals surface area (Å²) < 4.78 is 0. The second kappa shape index (κ2) is 6.31. The molecule has 1 atom stereocenters. The number of nitrogens with zero attached hydrogens (tertiary/aromatic N) is 2. The Morgan fingerprint density at radius 1 is 1.36 bits per heavy atom. The summed E-state index contributed by atoms with van der Waals surface area (Å²) in [7, 11) is 1.72. The average molecular weight is 342 g/mol. The second-order valence-corrected chi connectivity index (χ2v) is 6.93. The molecule has 0 spiro atoms. The van der Waals surface area contributed by atoms with Gasteiger partial charge in [-0.15, -0.1) is 0 Å². The van der Waals surface area contributed by atoms with E-state index in [2.05, 4.69) is 15.3 Å². The van der Waals surface area contributed by atoms with Gasteiger partial charge in [-0.3, -0.25) is 14.4 Å². The first kappa shape index (κ1) is 17.1. The lowest BCUT2D eigenvalue weighted by Crippen LogP contribution is -2.47. The van der Waals surface area contributed by atoms with Crippen molar-refractivity contribution in [2.75, 3.05) is 13.6 Å². The van der Waals surface area contributed by atoms with Crippen LogP contribution in [0.1, 0.15) is 26.1 Å². The highest BCUT2D eigenvalue weighted by molar-refractivity contribution is 5.90. The molecule has 7 nitrogen and oxygen atoms in total. The Morgan fingerprint density at radius 2 is 2.08 bits per heavy atom. The van der Waals surface area contributed by atoms with E-state index in [1.807, 2.05) is 19.9 Å². The Hall–Kier alpha value is -2.70. The number of amides is 2. The fraction of sp³-hybridized carbons (Fsp3) is 0.444. The normalized spacial score (nSPS) is 19.4. The molecule has 132 valence electrons. The number of aromatic amines is 1. The van der Waals surface area contributed by atoms with E-state index in [4.69, 9.17) is 0 Å². The largest absolute Gasteiger partial charge is 0.355 e. The quantitative estimate of drug-likeness (QED) is 0.861. The molecule has 25 heavy (non-hydrogen) atoms. The maximum absolute atomic E-state index is 12.4. The number of hydrogen-bond donors (Lipinski definition) is 2. The third-order valence-corrected chi connectivity index (χ3v) is 5.11. The van der Waals surface area contributed by atoms with Crippen LogP contribution in [0.5, 0.6) is 0 Å². The van der Waals surface area contributed by atoms with Gasteiger partial charge in [0.05, 0.1) is 16.8 Å². The second-order valence-electron chi connectivity index (χ2n) is 6.93. The minimum atomic E-state index is -0.503. The van der Waals surface area contributed by atoms with Crippen molar-refractivity contribution in [3.8, 4) is 0 Å². The Kier molecular flexibility index (Phi) is 4.32. The van der Waals surface area contributed by atoms with Gasteiger partial charge in [0.1, 0.15) is 5.82 Å². The van der Waals surface area contributed by atoms with E-state index in [1.165, 1.54) is 0 Å². The molecule has 1 aliphatic rings. The molecule has 3 rings (SSSR count). The van der Waals surface area contributed by atoms with E-state index in [0.717, 1.165) is 0 Å². The van der Waals surface area contributed by atoms with Crippen molar-refractivity contribution < 1.29 is 9.59 Å². The lowest BCUT2D eigenvalue weighted by Gasteiger charge is -2.32. The fourth-order valence-electron chi connectivity index (χ4n) is 3.21. The number of carbonyl (C=O) groups is 2. The van der Waals surface area contributed by atoms with Gasteiger partial charge < -0.3 is 15.2 Å². The molecular formula is C18H22N4O3. The highest BCUT2D eigenvalue weighted by Crippen LogP contribution is 2.34. The van der Waals surface area contributed by atoms with Gasteiger partial charge in [-0.2, -0.15) is 0 Å². The lowest BCUT2D eigenvalue weighted by molar-refractivity contribution is -0.128. The SMILES string of the molecule is CN1C(=O)C[C@@H](C(=O)NCCc2nc3ccccc3c(=O)[nH]2)C1(C)C. The van der Waals surface area contributed by atoms with Gasteiger partial charge in [0.15, 0.2) is 0 Å². The number of rotatable bonds is 4. The summed E-state index contributed by atoms with van der Waals surface area (Å²) >= 11 is 0. The summed E-state index contributed by atoms with van der Waals surface area (Å²) in [6.45, 7) is 4.14. The Balaban J connectivity index is 1.64. The van der Waals surface area contributed by atoms with Crippen LogP contribution in [0.4, 0.5) is 0 Å². The number of likely N-dealkylation sites (tertiary alicyclic amines) is 1. The third kappa shape index (κ3) is 3.14.